The standard InChI is InChI=1S/C17H21FN2O2/c1-19-12-14-6-9-16(13-4-7-15(18)8-5-13)20(17(14)21)10-3-11-22-2/h4-9,19H,3,10-12H2,1-2H3. The Morgan fingerprint density at radius 3 is 2.55 bits per heavy atom. The van der Waals surface area contributed by atoms with Gasteiger partial charge >= 0.3 is 0 Å². The molecule has 0 aliphatic rings. The molecule has 1 N–H and O–H groups in total. The van der Waals surface area contributed by atoms with E-state index in [2.05, 4.69) is 5.32 Å². The van der Waals surface area contributed by atoms with E-state index >= 15 is 0 Å². The van der Waals surface area contributed by atoms with Crippen LogP contribution >= 0.6 is 0 Å². The number of nitrogens with zero attached hydrogens (tertiary/aromatic N) is 1. The van der Waals surface area contributed by atoms with Gasteiger partial charge in [0.05, 0.1) is 5.69 Å². The van der Waals surface area contributed by atoms with Gasteiger partial charge in [0.2, 0.25) is 0 Å². The summed E-state index contributed by atoms with van der Waals surface area (Å²) < 4.78 is 19.9. The molecule has 4 nitrogen and oxygen atoms in total. The lowest BCUT2D eigenvalue weighted by molar-refractivity contribution is 0.190. The van der Waals surface area contributed by atoms with Crippen LogP contribution in [0.4, 0.5) is 4.39 Å². The van der Waals surface area contributed by atoms with Crippen LogP contribution in [0.1, 0.15) is 12.0 Å². The molecule has 2 aromatic rings. The van der Waals surface area contributed by atoms with E-state index in [1.807, 2.05) is 19.2 Å². The van der Waals surface area contributed by atoms with Crippen molar-refractivity contribution in [1.82, 2.24) is 9.88 Å². The van der Waals surface area contributed by atoms with E-state index in [9.17, 15) is 9.18 Å². The maximum atomic E-state index is 13.1. The van der Waals surface area contributed by atoms with Crippen molar-refractivity contribution < 1.29 is 9.13 Å². The van der Waals surface area contributed by atoms with Gasteiger partial charge in [0, 0.05) is 32.4 Å². The van der Waals surface area contributed by atoms with E-state index in [4.69, 9.17) is 4.74 Å². The molecule has 1 aromatic heterocycles. The van der Waals surface area contributed by atoms with Crippen molar-refractivity contribution in [2.45, 2.75) is 19.5 Å². The molecular weight excluding hydrogens is 283 g/mol. The number of hydrogen-bond acceptors (Lipinski definition) is 3. The van der Waals surface area contributed by atoms with Gasteiger partial charge in [0.15, 0.2) is 0 Å². The summed E-state index contributed by atoms with van der Waals surface area (Å²) in [5.74, 6) is -0.288. The van der Waals surface area contributed by atoms with Crippen LogP contribution in [0.25, 0.3) is 11.3 Å². The molecular formula is C17H21FN2O2. The third-order valence-electron chi connectivity index (χ3n) is 3.49. The Labute approximate surface area is 129 Å². The number of pyridine rings is 1. The number of benzene rings is 1. The summed E-state index contributed by atoms with van der Waals surface area (Å²) in [6, 6.07) is 9.92. The quantitative estimate of drug-likeness (QED) is 0.799. The van der Waals surface area contributed by atoms with Gasteiger partial charge in [0.25, 0.3) is 5.56 Å². The first-order valence-corrected chi connectivity index (χ1v) is 7.29. The molecule has 0 bridgehead atoms. The van der Waals surface area contributed by atoms with Gasteiger partial charge in [0.1, 0.15) is 5.82 Å². The highest BCUT2D eigenvalue weighted by Gasteiger charge is 2.10. The van der Waals surface area contributed by atoms with Crippen LogP contribution in [0, 0.1) is 5.82 Å². The van der Waals surface area contributed by atoms with Crippen LogP contribution in [0.15, 0.2) is 41.2 Å². The van der Waals surface area contributed by atoms with Gasteiger partial charge in [-0.3, -0.25) is 4.79 Å². The Bertz CT molecular complexity index is 665. The number of rotatable bonds is 7. The predicted molar refractivity (Wildman–Crippen MR) is 85.4 cm³/mol. The minimum atomic E-state index is -0.288. The zero-order chi connectivity index (χ0) is 15.9. The second-order valence-electron chi connectivity index (χ2n) is 5.08. The Hall–Kier alpha value is -1.98. The van der Waals surface area contributed by atoms with Crippen LogP contribution < -0.4 is 10.9 Å². The molecule has 0 aliphatic heterocycles. The molecule has 0 saturated heterocycles. The molecule has 2 rings (SSSR count). The molecule has 1 heterocycles. The zero-order valence-electron chi connectivity index (χ0n) is 12.9. The van der Waals surface area contributed by atoms with Gasteiger partial charge in [-0.2, -0.15) is 0 Å². The third-order valence-corrected chi connectivity index (χ3v) is 3.49. The molecule has 0 atom stereocenters. The molecule has 0 fully saturated rings. The Balaban J connectivity index is 2.45. The van der Waals surface area contributed by atoms with Crippen molar-refractivity contribution in [3.8, 4) is 11.3 Å². The summed E-state index contributed by atoms with van der Waals surface area (Å²) in [4.78, 5) is 12.6. The molecule has 0 unspecified atom stereocenters. The molecule has 22 heavy (non-hydrogen) atoms. The van der Waals surface area contributed by atoms with Gasteiger partial charge in [-0.25, -0.2) is 4.39 Å². The minimum absolute atomic E-state index is 0.0210. The number of methoxy groups -OCH3 is 1. The normalized spacial score (nSPS) is 10.9. The van der Waals surface area contributed by atoms with Crippen molar-refractivity contribution in [1.29, 1.82) is 0 Å². The smallest absolute Gasteiger partial charge is 0.255 e. The van der Waals surface area contributed by atoms with E-state index in [1.54, 1.807) is 23.8 Å². The van der Waals surface area contributed by atoms with Gasteiger partial charge in [-0.05, 0) is 49.4 Å². The molecule has 118 valence electrons. The van der Waals surface area contributed by atoms with Crippen LogP contribution in [0.2, 0.25) is 0 Å². The van der Waals surface area contributed by atoms with Crippen LogP contribution in [0.3, 0.4) is 0 Å². The summed E-state index contributed by atoms with van der Waals surface area (Å²) >= 11 is 0. The maximum Gasteiger partial charge on any atom is 0.255 e. The Kier molecular flexibility index (Phi) is 5.86. The molecule has 0 spiro atoms. The fourth-order valence-electron chi connectivity index (χ4n) is 2.41. The van der Waals surface area contributed by atoms with E-state index in [0.29, 0.717) is 25.3 Å². The number of hydrogen-bond donors (Lipinski definition) is 1. The second-order valence-corrected chi connectivity index (χ2v) is 5.08. The monoisotopic (exact) mass is 304 g/mol. The number of ether oxygens (including phenoxy) is 1. The Morgan fingerprint density at radius 2 is 1.91 bits per heavy atom. The fourth-order valence-corrected chi connectivity index (χ4v) is 2.41. The summed E-state index contributed by atoms with van der Waals surface area (Å²) in [5, 5.41) is 3.00. The average Bonchev–Trinajstić information content (AvgIpc) is 2.52. The lowest BCUT2D eigenvalue weighted by Gasteiger charge is -2.15. The van der Waals surface area contributed by atoms with Gasteiger partial charge in [-0.1, -0.05) is 6.07 Å². The molecule has 5 heteroatoms. The highest BCUT2D eigenvalue weighted by molar-refractivity contribution is 5.59. The minimum Gasteiger partial charge on any atom is -0.385 e. The highest BCUT2D eigenvalue weighted by atomic mass is 19.1. The number of halogens is 1. The van der Waals surface area contributed by atoms with Crippen LogP contribution in [-0.2, 0) is 17.8 Å². The summed E-state index contributed by atoms with van der Waals surface area (Å²) in [6.07, 6.45) is 0.744. The van der Waals surface area contributed by atoms with Crippen molar-refractivity contribution in [2.24, 2.45) is 0 Å². The SMILES string of the molecule is CNCc1ccc(-c2ccc(F)cc2)n(CCCOC)c1=O. The lowest BCUT2D eigenvalue weighted by atomic mass is 10.1. The van der Waals surface area contributed by atoms with Crippen LogP contribution in [0.5, 0.6) is 0 Å². The topological polar surface area (TPSA) is 43.3 Å². The van der Waals surface area contributed by atoms with E-state index < -0.39 is 0 Å². The van der Waals surface area contributed by atoms with E-state index in [0.717, 1.165) is 17.7 Å². The molecule has 1 aromatic carbocycles. The van der Waals surface area contributed by atoms with Crippen LogP contribution in [-0.4, -0.2) is 25.3 Å². The summed E-state index contributed by atoms with van der Waals surface area (Å²) in [6.45, 7) is 1.68. The molecule has 0 radical (unpaired) electrons. The number of aromatic nitrogens is 1. The largest absolute Gasteiger partial charge is 0.385 e. The van der Waals surface area contributed by atoms with E-state index in [1.165, 1.54) is 12.1 Å². The molecule has 0 amide bonds. The van der Waals surface area contributed by atoms with Crippen molar-refractivity contribution in [3.05, 3.63) is 58.1 Å². The Morgan fingerprint density at radius 1 is 1.18 bits per heavy atom. The average molecular weight is 304 g/mol. The fraction of sp³-hybridized carbons (Fsp3) is 0.353. The maximum absolute atomic E-state index is 13.1. The lowest BCUT2D eigenvalue weighted by Crippen LogP contribution is -2.27. The van der Waals surface area contributed by atoms with E-state index in [-0.39, 0.29) is 11.4 Å². The summed E-state index contributed by atoms with van der Waals surface area (Å²) in [7, 11) is 3.45. The third kappa shape index (κ3) is 3.81. The first-order chi connectivity index (χ1) is 10.7. The predicted octanol–water partition coefficient (Wildman–Crippen LogP) is 2.41. The van der Waals surface area contributed by atoms with Gasteiger partial charge < -0.3 is 14.6 Å². The van der Waals surface area contributed by atoms with Crippen molar-refractivity contribution in [2.75, 3.05) is 20.8 Å². The highest BCUT2D eigenvalue weighted by Crippen LogP contribution is 2.19. The molecule has 0 saturated carbocycles. The van der Waals surface area contributed by atoms with Gasteiger partial charge in [-0.15, -0.1) is 0 Å². The number of nitrogens with one attached hydrogen (secondary N) is 1. The second kappa shape index (κ2) is 7.87. The first-order valence-electron chi connectivity index (χ1n) is 7.29. The summed E-state index contributed by atoms with van der Waals surface area (Å²) in [5.41, 5.74) is 2.31. The van der Waals surface area contributed by atoms with Crippen molar-refractivity contribution in [3.63, 3.8) is 0 Å². The van der Waals surface area contributed by atoms with Crippen molar-refractivity contribution >= 4 is 0 Å². The zero-order valence-corrected chi connectivity index (χ0v) is 12.9. The first kappa shape index (κ1) is 16.4. The molecule has 0 aliphatic carbocycles.